The number of aliphatic carboxylic acids is 1. The van der Waals surface area contributed by atoms with Gasteiger partial charge in [-0.1, -0.05) is 0 Å². The molecule has 0 aliphatic carbocycles. The van der Waals surface area contributed by atoms with Crippen LogP contribution in [0.4, 0.5) is 0 Å². The lowest BCUT2D eigenvalue weighted by Gasteiger charge is -2.26. The Hall–Kier alpha value is -1.88. The summed E-state index contributed by atoms with van der Waals surface area (Å²) in [7, 11) is 3.40. The van der Waals surface area contributed by atoms with Crippen molar-refractivity contribution >= 4 is 11.9 Å². The van der Waals surface area contributed by atoms with Crippen molar-refractivity contribution in [3.63, 3.8) is 0 Å². The van der Waals surface area contributed by atoms with E-state index in [0.717, 1.165) is 11.3 Å². The summed E-state index contributed by atoms with van der Waals surface area (Å²) < 4.78 is 5.24. The first-order chi connectivity index (χ1) is 8.94. The minimum absolute atomic E-state index is 0.0109. The van der Waals surface area contributed by atoms with E-state index < -0.39 is 11.9 Å². The molecule has 1 aliphatic heterocycles. The fourth-order valence-electron chi connectivity index (χ4n) is 2.54. The summed E-state index contributed by atoms with van der Waals surface area (Å²) in [4.78, 5) is 23.0. The van der Waals surface area contributed by atoms with Gasteiger partial charge in [-0.05, 0) is 24.3 Å². The smallest absolute Gasteiger partial charge is 0.314 e. The third kappa shape index (κ3) is 2.76. The summed E-state index contributed by atoms with van der Waals surface area (Å²) in [6, 6.07) is 7.50. The van der Waals surface area contributed by atoms with Crippen LogP contribution in [0.25, 0.3) is 0 Å². The second-order valence-electron chi connectivity index (χ2n) is 5.22. The number of quaternary nitrogens is 1. The van der Waals surface area contributed by atoms with Gasteiger partial charge in [-0.3, -0.25) is 9.28 Å². The van der Waals surface area contributed by atoms with Crippen LogP contribution in [0.2, 0.25) is 0 Å². The van der Waals surface area contributed by atoms with E-state index in [1.165, 1.54) is 0 Å². The maximum atomic E-state index is 12.0. The average molecular weight is 264 g/mol. The number of benzene rings is 1. The summed E-state index contributed by atoms with van der Waals surface area (Å²) >= 11 is 0. The van der Waals surface area contributed by atoms with Crippen LogP contribution >= 0.6 is 0 Å². The van der Waals surface area contributed by atoms with Gasteiger partial charge in [-0.15, -0.1) is 0 Å². The van der Waals surface area contributed by atoms with Crippen molar-refractivity contribution in [2.75, 3.05) is 20.7 Å². The monoisotopic (exact) mass is 264 g/mol. The van der Waals surface area contributed by atoms with Crippen molar-refractivity contribution in [3.8, 4) is 5.75 Å². The van der Waals surface area contributed by atoms with Gasteiger partial charge in [0.25, 0.3) is 0 Å². The molecule has 1 amide bonds. The Bertz CT molecular complexity index is 497. The number of nitrogens with zero attached hydrogens (tertiary/aromatic N) is 1. The van der Waals surface area contributed by atoms with E-state index in [1.54, 1.807) is 14.2 Å². The number of methoxy groups -OCH3 is 1. The normalized spacial score (nSPS) is 26.4. The van der Waals surface area contributed by atoms with Gasteiger partial charge in [0.2, 0.25) is 0 Å². The minimum Gasteiger partial charge on any atom is -0.497 e. The van der Waals surface area contributed by atoms with E-state index >= 15 is 0 Å². The van der Waals surface area contributed by atoms with Gasteiger partial charge in [0.1, 0.15) is 18.2 Å². The van der Waals surface area contributed by atoms with Crippen molar-refractivity contribution in [1.29, 1.82) is 0 Å². The number of carboxylic acid groups (broad SMARTS) is 1. The van der Waals surface area contributed by atoms with E-state index in [-0.39, 0.29) is 16.8 Å². The van der Waals surface area contributed by atoms with Crippen LogP contribution in [-0.2, 0) is 16.1 Å². The zero-order valence-electron chi connectivity index (χ0n) is 11.1. The third-order valence-electron chi connectivity index (χ3n) is 3.69. The van der Waals surface area contributed by atoms with Gasteiger partial charge >= 0.3 is 11.9 Å². The molecule has 5 heteroatoms. The highest BCUT2D eigenvalue weighted by atomic mass is 16.5. The van der Waals surface area contributed by atoms with E-state index in [2.05, 4.69) is 0 Å². The van der Waals surface area contributed by atoms with Crippen LogP contribution in [-0.4, -0.2) is 42.2 Å². The Labute approximate surface area is 112 Å². The molecule has 1 heterocycles. The first kappa shape index (κ1) is 13.5. The van der Waals surface area contributed by atoms with Crippen molar-refractivity contribution in [2.24, 2.45) is 5.92 Å². The van der Waals surface area contributed by atoms with Crippen molar-refractivity contribution in [1.82, 2.24) is 0 Å². The molecule has 2 rings (SSSR count). The highest BCUT2D eigenvalue weighted by molar-refractivity contribution is 5.81. The fraction of sp³-hybridized carbons (Fsp3) is 0.429. The molecule has 1 N–H and O–H groups in total. The Morgan fingerprint density at radius 1 is 1.42 bits per heavy atom. The first-order valence-electron chi connectivity index (χ1n) is 6.18. The van der Waals surface area contributed by atoms with Gasteiger partial charge in [0, 0.05) is 5.56 Å². The molecule has 1 saturated heterocycles. The highest BCUT2D eigenvalue weighted by Crippen LogP contribution is 2.27. The summed E-state index contributed by atoms with van der Waals surface area (Å²) in [5, 5.41) is 9.02. The molecule has 0 saturated carbocycles. The number of carboxylic acids is 1. The quantitative estimate of drug-likeness (QED) is 0.832. The predicted octanol–water partition coefficient (Wildman–Crippen LogP) is 1.27. The number of carbonyl (C=O) groups is 2. The Balaban J connectivity index is 2.12. The largest absolute Gasteiger partial charge is 0.497 e. The molecule has 0 aromatic heterocycles. The van der Waals surface area contributed by atoms with Gasteiger partial charge < -0.3 is 9.84 Å². The maximum absolute atomic E-state index is 12.0. The molecule has 1 fully saturated rings. The lowest BCUT2D eigenvalue weighted by molar-refractivity contribution is -0.841. The summed E-state index contributed by atoms with van der Waals surface area (Å²) in [5.74, 6) is -0.688. The topological polar surface area (TPSA) is 63.6 Å². The van der Waals surface area contributed by atoms with Crippen molar-refractivity contribution < 1.29 is 23.9 Å². The SMILES string of the molecule is COc1ccc(C[N+]2(C)CC(C(=O)O)CC2=O)cc1. The van der Waals surface area contributed by atoms with E-state index in [0.29, 0.717) is 13.1 Å². The van der Waals surface area contributed by atoms with E-state index in [4.69, 9.17) is 9.84 Å². The Morgan fingerprint density at radius 2 is 2.05 bits per heavy atom. The number of hydrogen-bond acceptors (Lipinski definition) is 3. The standard InChI is InChI=1S/C14H17NO4/c1-15(9-11(14(17)18)7-13(15)16)8-10-3-5-12(19-2)6-4-10/h3-6,11H,7-9H2,1-2H3/p+1. The fourth-order valence-corrected chi connectivity index (χ4v) is 2.54. The van der Waals surface area contributed by atoms with Gasteiger partial charge in [-0.25, -0.2) is 4.79 Å². The molecule has 0 radical (unpaired) electrons. The average Bonchev–Trinajstić information content (AvgIpc) is 2.67. The molecule has 2 atom stereocenters. The van der Waals surface area contributed by atoms with Gasteiger partial charge in [0.15, 0.2) is 0 Å². The Morgan fingerprint density at radius 3 is 2.53 bits per heavy atom. The van der Waals surface area contributed by atoms with Crippen LogP contribution < -0.4 is 4.74 Å². The maximum Gasteiger partial charge on any atom is 0.314 e. The molecule has 19 heavy (non-hydrogen) atoms. The summed E-state index contributed by atoms with van der Waals surface area (Å²) in [5.41, 5.74) is 1.00. The molecule has 2 unspecified atom stereocenters. The number of likely N-dealkylation sites (tertiary alicyclic amines) is 1. The molecule has 5 nitrogen and oxygen atoms in total. The van der Waals surface area contributed by atoms with Gasteiger partial charge in [-0.2, -0.15) is 0 Å². The summed E-state index contributed by atoms with van der Waals surface area (Å²) in [6.07, 6.45) is 0.127. The van der Waals surface area contributed by atoms with Gasteiger partial charge in [0.05, 0.1) is 27.1 Å². The molecule has 102 valence electrons. The summed E-state index contributed by atoms with van der Waals surface area (Å²) in [6.45, 7) is 0.882. The zero-order chi connectivity index (χ0) is 14.0. The number of ether oxygens (including phenoxy) is 1. The van der Waals surface area contributed by atoms with Crippen LogP contribution in [0.15, 0.2) is 24.3 Å². The number of amides is 1. The lowest BCUT2D eigenvalue weighted by Crippen LogP contribution is -2.44. The van der Waals surface area contributed by atoms with Crippen LogP contribution in [0.1, 0.15) is 12.0 Å². The second-order valence-corrected chi connectivity index (χ2v) is 5.22. The van der Waals surface area contributed by atoms with Crippen LogP contribution in [0.3, 0.4) is 0 Å². The minimum atomic E-state index is -0.884. The zero-order valence-corrected chi connectivity index (χ0v) is 11.1. The first-order valence-corrected chi connectivity index (χ1v) is 6.18. The highest BCUT2D eigenvalue weighted by Gasteiger charge is 2.46. The molecular weight excluding hydrogens is 246 g/mol. The third-order valence-corrected chi connectivity index (χ3v) is 3.69. The molecule has 0 bridgehead atoms. The molecule has 0 spiro atoms. The van der Waals surface area contributed by atoms with E-state index in [9.17, 15) is 9.59 Å². The van der Waals surface area contributed by atoms with E-state index in [1.807, 2.05) is 24.3 Å². The Kier molecular flexibility index (Phi) is 3.57. The molecule has 1 aromatic rings. The molecular formula is C14H18NO4+. The van der Waals surface area contributed by atoms with Crippen molar-refractivity contribution in [3.05, 3.63) is 29.8 Å². The number of carbonyl (C=O) groups excluding carboxylic acids is 1. The number of rotatable bonds is 4. The van der Waals surface area contributed by atoms with Crippen LogP contribution in [0.5, 0.6) is 5.75 Å². The van der Waals surface area contributed by atoms with Crippen molar-refractivity contribution in [2.45, 2.75) is 13.0 Å². The molecule has 1 aromatic carbocycles. The predicted molar refractivity (Wildman–Crippen MR) is 68.5 cm³/mol. The molecule has 1 aliphatic rings. The second kappa shape index (κ2) is 5.01. The van der Waals surface area contributed by atoms with Crippen LogP contribution in [0, 0.1) is 5.92 Å². The lowest BCUT2D eigenvalue weighted by atomic mass is 10.1. The number of hydrogen-bond donors (Lipinski definition) is 1.